The fourth-order valence-electron chi connectivity index (χ4n) is 1.61. The van der Waals surface area contributed by atoms with Gasteiger partial charge in [0, 0.05) is 5.75 Å². The Labute approximate surface area is 80.3 Å². The van der Waals surface area contributed by atoms with Gasteiger partial charge in [-0.05, 0) is 12.2 Å². The van der Waals surface area contributed by atoms with E-state index < -0.39 is 11.8 Å². The van der Waals surface area contributed by atoms with Gasteiger partial charge in [0.2, 0.25) is 0 Å². The summed E-state index contributed by atoms with van der Waals surface area (Å²) in [5, 5.41) is 9.85. The van der Waals surface area contributed by atoms with Crippen LogP contribution in [-0.4, -0.2) is 52.3 Å². The second-order valence-corrected chi connectivity index (χ2v) is 4.75. The quantitative estimate of drug-likeness (QED) is 0.657. The Morgan fingerprint density at radius 2 is 2.31 bits per heavy atom. The Morgan fingerprint density at radius 1 is 1.62 bits per heavy atom. The average Bonchev–Trinajstić information content (AvgIpc) is 2.46. The molecule has 5 heteroatoms. The fraction of sp³-hybridized carbons (Fsp3) is 0.875. The summed E-state index contributed by atoms with van der Waals surface area (Å²) in [6, 6.07) is 0. The molecule has 2 fully saturated rings. The monoisotopic (exact) mass is 205 g/mol. The molecule has 2 aliphatic heterocycles. The molecule has 2 rings (SSSR count). The predicted molar refractivity (Wildman–Crippen MR) is 48.4 cm³/mol. The van der Waals surface area contributed by atoms with Gasteiger partial charge < -0.3 is 10.0 Å². The molecular weight excluding hydrogens is 193 g/mol. The molecule has 2 saturated heterocycles. The van der Waals surface area contributed by atoms with Crippen LogP contribution >= 0.6 is 11.8 Å². The SMILES string of the molecule is O=C(N1CC(F)C1)C1(O)CCSC1. The number of aliphatic hydroxyl groups is 1. The molecule has 0 aromatic carbocycles. The van der Waals surface area contributed by atoms with Crippen LogP contribution in [0.1, 0.15) is 6.42 Å². The molecule has 1 amide bonds. The highest BCUT2D eigenvalue weighted by molar-refractivity contribution is 7.99. The van der Waals surface area contributed by atoms with Crippen molar-refractivity contribution < 1.29 is 14.3 Å². The van der Waals surface area contributed by atoms with Crippen LogP contribution in [-0.2, 0) is 4.79 Å². The van der Waals surface area contributed by atoms with Gasteiger partial charge >= 0.3 is 0 Å². The van der Waals surface area contributed by atoms with E-state index in [0.717, 1.165) is 5.75 Å². The summed E-state index contributed by atoms with van der Waals surface area (Å²) in [7, 11) is 0. The third kappa shape index (κ3) is 1.55. The number of hydrogen-bond donors (Lipinski definition) is 1. The summed E-state index contributed by atoms with van der Waals surface area (Å²) in [6.07, 6.45) is -0.383. The zero-order valence-corrected chi connectivity index (χ0v) is 8.02. The summed E-state index contributed by atoms with van der Waals surface area (Å²) in [5.41, 5.74) is -1.20. The molecule has 13 heavy (non-hydrogen) atoms. The number of amides is 1. The number of carbonyl (C=O) groups is 1. The van der Waals surface area contributed by atoms with Crippen LogP contribution in [0.5, 0.6) is 0 Å². The number of carbonyl (C=O) groups excluding carboxylic acids is 1. The van der Waals surface area contributed by atoms with Crippen LogP contribution in [0.3, 0.4) is 0 Å². The fourth-order valence-corrected chi connectivity index (χ4v) is 2.84. The number of thioether (sulfide) groups is 1. The van der Waals surface area contributed by atoms with E-state index in [4.69, 9.17) is 0 Å². The second-order valence-electron chi connectivity index (χ2n) is 3.64. The lowest BCUT2D eigenvalue weighted by atomic mass is 9.99. The van der Waals surface area contributed by atoms with E-state index in [1.807, 2.05) is 0 Å². The summed E-state index contributed by atoms with van der Waals surface area (Å²) >= 11 is 1.57. The molecule has 2 heterocycles. The van der Waals surface area contributed by atoms with Gasteiger partial charge in [-0.25, -0.2) is 4.39 Å². The first-order chi connectivity index (χ1) is 6.12. The third-order valence-corrected chi connectivity index (χ3v) is 3.70. The first-order valence-corrected chi connectivity index (χ1v) is 5.51. The number of rotatable bonds is 1. The Kier molecular flexibility index (Phi) is 2.23. The largest absolute Gasteiger partial charge is 0.379 e. The summed E-state index contributed by atoms with van der Waals surface area (Å²) in [4.78, 5) is 13.0. The predicted octanol–water partition coefficient (Wildman–Crippen LogP) is 0.0347. The lowest BCUT2D eigenvalue weighted by Gasteiger charge is -2.38. The molecule has 0 aromatic heterocycles. The zero-order chi connectivity index (χ0) is 9.47. The smallest absolute Gasteiger partial charge is 0.255 e. The first-order valence-electron chi connectivity index (χ1n) is 4.35. The van der Waals surface area contributed by atoms with Gasteiger partial charge in [0.05, 0.1) is 13.1 Å². The average molecular weight is 205 g/mol. The van der Waals surface area contributed by atoms with Crippen molar-refractivity contribution in [3.63, 3.8) is 0 Å². The van der Waals surface area contributed by atoms with Crippen molar-refractivity contribution in [2.24, 2.45) is 0 Å². The topological polar surface area (TPSA) is 40.5 Å². The Morgan fingerprint density at radius 3 is 2.77 bits per heavy atom. The van der Waals surface area contributed by atoms with Crippen LogP contribution in [0.25, 0.3) is 0 Å². The van der Waals surface area contributed by atoms with Crippen molar-refractivity contribution in [1.82, 2.24) is 4.90 Å². The van der Waals surface area contributed by atoms with Gasteiger partial charge in [0.1, 0.15) is 6.17 Å². The Balaban J connectivity index is 1.96. The summed E-state index contributed by atoms with van der Waals surface area (Å²) in [5.74, 6) is 0.987. The number of alkyl halides is 1. The van der Waals surface area contributed by atoms with Gasteiger partial charge in [-0.2, -0.15) is 11.8 Å². The molecule has 3 nitrogen and oxygen atoms in total. The molecule has 1 atom stereocenters. The maximum Gasteiger partial charge on any atom is 0.255 e. The van der Waals surface area contributed by atoms with Crippen molar-refractivity contribution in [1.29, 1.82) is 0 Å². The molecule has 0 spiro atoms. The van der Waals surface area contributed by atoms with E-state index in [1.54, 1.807) is 11.8 Å². The Hall–Kier alpha value is -0.290. The van der Waals surface area contributed by atoms with Crippen LogP contribution in [0, 0.1) is 0 Å². The molecule has 1 N–H and O–H groups in total. The first kappa shape index (κ1) is 9.27. The standard InChI is InChI=1S/C8H12FNO2S/c9-6-3-10(4-6)7(11)8(12)1-2-13-5-8/h6,12H,1-5H2. The molecule has 2 aliphatic rings. The molecule has 0 aromatic rings. The summed E-state index contributed by atoms with van der Waals surface area (Å²) < 4.78 is 12.5. The zero-order valence-electron chi connectivity index (χ0n) is 7.20. The minimum Gasteiger partial charge on any atom is -0.379 e. The second kappa shape index (κ2) is 3.13. The van der Waals surface area contributed by atoms with Crippen LogP contribution in [0.15, 0.2) is 0 Å². The van der Waals surface area contributed by atoms with E-state index >= 15 is 0 Å². The van der Waals surface area contributed by atoms with Crippen molar-refractivity contribution in [2.75, 3.05) is 24.6 Å². The van der Waals surface area contributed by atoms with Crippen LogP contribution in [0.4, 0.5) is 4.39 Å². The van der Waals surface area contributed by atoms with Gasteiger partial charge in [-0.1, -0.05) is 0 Å². The minimum atomic E-state index is -1.20. The van der Waals surface area contributed by atoms with Crippen molar-refractivity contribution >= 4 is 17.7 Å². The molecule has 74 valence electrons. The van der Waals surface area contributed by atoms with E-state index in [-0.39, 0.29) is 19.0 Å². The lowest BCUT2D eigenvalue weighted by Crippen LogP contribution is -2.59. The van der Waals surface area contributed by atoms with Gasteiger partial charge in [0.15, 0.2) is 5.60 Å². The van der Waals surface area contributed by atoms with Crippen LogP contribution in [0.2, 0.25) is 0 Å². The molecule has 0 saturated carbocycles. The van der Waals surface area contributed by atoms with E-state index in [1.165, 1.54) is 4.90 Å². The van der Waals surface area contributed by atoms with Gasteiger partial charge in [-0.15, -0.1) is 0 Å². The van der Waals surface area contributed by atoms with E-state index in [0.29, 0.717) is 12.2 Å². The lowest BCUT2D eigenvalue weighted by molar-refractivity contribution is -0.156. The van der Waals surface area contributed by atoms with Gasteiger partial charge in [0.25, 0.3) is 5.91 Å². The number of likely N-dealkylation sites (tertiary alicyclic amines) is 1. The molecular formula is C8H12FNO2S. The highest BCUT2D eigenvalue weighted by Crippen LogP contribution is 2.31. The maximum absolute atomic E-state index is 12.5. The highest BCUT2D eigenvalue weighted by atomic mass is 32.2. The number of hydrogen-bond acceptors (Lipinski definition) is 3. The number of halogens is 1. The minimum absolute atomic E-state index is 0.159. The maximum atomic E-state index is 12.5. The normalized spacial score (nSPS) is 34.8. The van der Waals surface area contributed by atoms with E-state index in [9.17, 15) is 14.3 Å². The van der Waals surface area contributed by atoms with E-state index in [2.05, 4.69) is 0 Å². The molecule has 1 unspecified atom stereocenters. The summed E-state index contributed by atoms with van der Waals surface area (Å²) in [6.45, 7) is 0.317. The molecule has 0 radical (unpaired) electrons. The molecule has 0 aliphatic carbocycles. The number of nitrogens with zero attached hydrogens (tertiary/aromatic N) is 1. The Bertz CT molecular complexity index is 224. The third-order valence-electron chi connectivity index (χ3n) is 2.52. The van der Waals surface area contributed by atoms with Crippen molar-refractivity contribution in [3.05, 3.63) is 0 Å². The van der Waals surface area contributed by atoms with Gasteiger partial charge in [-0.3, -0.25) is 4.79 Å². The molecule has 0 bridgehead atoms. The van der Waals surface area contributed by atoms with Crippen molar-refractivity contribution in [2.45, 2.75) is 18.2 Å². The van der Waals surface area contributed by atoms with Crippen LogP contribution < -0.4 is 0 Å². The highest BCUT2D eigenvalue weighted by Gasteiger charge is 2.45. The van der Waals surface area contributed by atoms with Crippen molar-refractivity contribution in [3.8, 4) is 0 Å².